The van der Waals surface area contributed by atoms with Gasteiger partial charge in [-0.25, -0.2) is 0 Å². The molecule has 0 amide bonds. The zero-order valence-electron chi connectivity index (χ0n) is 33.1. The molecule has 11 rings (SSSR count). The van der Waals surface area contributed by atoms with Crippen LogP contribution in [0.15, 0.2) is 217 Å². The van der Waals surface area contributed by atoms with Crippen molar-refractivity contribution in [2.24, 2.45) is 0 Å². The minimum absolute atomic E-state index is 0.102. The molecule has 1 aliphatic carbocycles. The van der Waals surface area contributed by atoms with E-state index in [4.69, 9.17) is 4.42 Å². The summed E-state index contributed by atoms with van der Waals surface area (Å²) in [7, 11) is 0. The van der Waals surface area contributed by atoms with Gasteiger partial charge in [-0.2, -0.15) is 0 Å². The van der Waals surface area contributed by atoms with Crippen LogP contribution in [-0.4, -0.2) is 0 Å². The highest BCUT2D eigenvalue weighted by Gasteiger charge is 2.35. The second kappa shape index (κ2) is 13.9. The van der Waals surface area contributed by atoms with E-state index < -0.39 is 0 Å². The van der Waals surface area contributed by atoms with Crippen LogP contribution in [0.4, 0.5) is 17.1 Å². The van der Waals surface area contributed by atoms with E-state index in [0.29, 0.717) is 0 Å². The molecule has 0 fully saturated rings. The Morgan fingerprint density at radius 1 is 0.339 bits per heavy atom. The van der Waals surface area contributed by atoms with E-state index in [-0.39, 0.29) is 5.41 Å². The summed E-state index contributed by atoms with van der Waals surface area (Å²) in [5, 5.41) is 2.29. The van der Waals surface area contributed by atoms with Crippen molar-refractivity contribution in [2.75, 3.05) is 4.90 Å². The highest BCUT2D eigenvalue weighted by atomic mass is 16.3. The lowest BCUT2D eigenvalue weighted by Crippen LogP contribution is -2.16. The Balaban J connectivity index is 0.937. The van der Waals surface area contributed by atoms with Crippen molar-refractivity contribution >= 4 is 39.0 Å². The predicted octanol–water partition coefficient (Wildman–Crippen LogP) is 16.0. The maximum Gasteiger partial charge on any atom is 0.143 e. The molecule has 9 aromatic carbocycles. The molecular weight excluding hydrogens is 715 g/mol. The zero-order valence-corrected chi connectivity index (χ0v) is 33.1. The van der Waals surface area contributed by atoms with Gasteiger partial charge in [0.05, 0.1) is 0 Å². The summed E-state index contributed by atoms with van der Waals surface area (Å²) < 4.78 is 6.36. The Hall–Kier alpha value is -7.42. The number of furan rings is 1. The minimum atomic E-state index is -0.102. The summed E-state index contributed by atoms with van der Waals surface area (Å²) in [6, 6.07) is 76.8. The van der Waals surface area contributed by atoms with Gasteiger partial charge < -0.3 is 9.32 Å². The lowest BCUT2D eigenvalue weighted by molar-refractivity contribution is 0.660. The number of hydrogen-bond donors (Lipinski definition) is 0. The number of benzene rings is 9. The van der Waals surface area contributed by atoms with E-state index in [9.17, 15) is 0 Å². The van der Waals surface area contributed by atoms with Gasteiger partial charge in [0.1, 0.15) is 11.2 Å². The van der Waals surface area contributed by atoms with Crippen LogP contribution in [-0.2, 0) is 5.41 Å². The average molecular weight is 756 g/mol. The largest absolute Gasteiger partial charge is 0.455 e. The average Bonchev–Trinajstić information content (AvgIpc) is 3.79. The van der Waals surface area contributed by atoms with Crippen molar-refractivity contribution < 1.29 is 4.42 Å². The molecule has 1 aliphatic rings. The summed E-state index contributed by atoms with van der Waals surface area (Å²) >= 11 is 0. The van der Waals surface area contributed by atoms with Gasteiger partial charge in [-0.05, 0) is 104 Å². The van der Waals surface area contributed by atoms with E-state index in [1.54, 1.807) is 0 Å². The molecule has 0 saturated carbocycles. The van der Waals surface area contributed by atoms with Crippen molar-refractivity contribution in [2.45, 2.75) is 19.3 Å². The molecule has 10 aromatic rings. The first kappa shape index (κ1) is 34.8. The Morgan fingerprint density at radius 2 is 0.797 bits per heavy atom. The third-order valence-corrected chi connectivity index (χ3v) is 12.3. The van der Waals surface area contributed by atoms with Crippen molar-refractivity contribution in [3.05, 3.63) is 223 Å². The van der Waals surface area contributed by atoms with Crippen molar-refractivity contribution in [1.82, 2.24) is 0 Å². The van der Waals surface area contributed by atoms with Crippen LogP contribution in [0.25, 0.3) is 77.6 Å². The fraction of sp³-hybridized carbons (Fsp3) is 0.0526. The summed E-state index contributed by atoms with van der Waals surface area (Å²) in [5.41, 5.74) is 19.9. The van der Waals surface area contributed by atoms with E-state index in [1.807, 2.05) is 12.1 Å². The number of fused-ring (bicyclic) bond motifs is 6. The Morgan fingerprint density at radius 3 is 1.44 bits per heavy atom. The van der Waals surface area contributed by atoms with Crippen molar-refractivity contribution in [3.63, 3.8) is 0 Å². The van der Waals surface area contributed by atoms with Gasteiger partial charge in [0, 0.05) is 38.8 Å². The van der Waals surface area contributed by atoms with Gasteiger partial charge in [0.25, 0.3) is 0 Å². The molecule has 2 heteroatoms. The second-order valence-corrected chi connectivity index (χ2v) is 16.1. The predicted molar refractivity (Wildman–Crippen MR) is 248 cm³/mol. The van der Waals surface area contributed by atoms with Gasteiger partial charge in [0.2, 0.25) is 0 Å². The zero-order chi connectivity index (χ0) is 39.5. The molecular formula is C57H41NO. The Labute approximate surface area is 345 Å². The molecule has 0 unspecified atom stereocenters. The number of hydrogen-bond acceptors (Lipinski definition) is 2. The van der Waals surface area contributed by atoms with Crippen LogP contribution in [0.1, 0.15) is 25.0 Å². The summed E-state index contributed by atoms with van der Waals surface area (Å²) in [5.74, 6) is 0. The lowest BCUT2D eigenvalue weighted by Gasteiger charge is -2.28. The molecule has 0 aliphatic heterocycles. The van der Waals surface area contributed by atoms with Gasteiger partial charge in [-0.3, -0.25) is 0 Å². The van der Waals surface area contributed by atoms with Crippen molar-refractivity contribution in [1.29, 1.82) is 0 Å². The maximum atomic E-state index is 6.36. The molecule has 1 heterocycles. The van der Waals surface area contributed by atoms with Gasteiger partial charge in [-0.15, -0.1) is 0 Å². The minimum Gasteiger partial charge on any atom is -0.455 e. The number of anilines is 3. The molecule has 0 atom stereocenters. The van der Waals surface area contributed by atoms with Gasteiger partial charge in [-0.1, -0.05) is 184 Å². The summed E-state index contributed by atoms with van der Waals surface area (Å²) in [6.45, 7) is 4.70. The number of rotatable bonds is 7. The molecule has 59 heavy (non-hydrogen) atoms. The highest BCUT2D eigenvalue weighted by Crippen LogP contribution is 2.51. The van der Waals surface area contributed by atoms with Gasteiger partial charge in [0.15, 0.2) is 0 Å². The first-order chi connectivity index (χ1) is 29.0. The van der Waals surface area contributed by atoms with Crippen LogP contribution in [0.5, 0.6) is 0 Å². The van der Waals surface area contributed by atoms with Crippen molar-refractivity contribution in [3.8, 4) is 55.6 Å². The normalized spacial score (nSPS) is 12.7. The topological polar surface area (TPSA) is 16.4 Å². The van der Waals surface area contributed by atoms with Crippen LogP contribution in [0.3, 0.4) is 0 Å². The molecule has 1 aromatic heterocycles. The monoisotopic (exact) mass is 755 g/mol. The maximum absolute atomic E-state index is 6.36. The SMILES string of the molecule is CC1(C)c2ccccc2-c2ccc(N(c3ccc(-c4ccc(-c5ccccc5)cc4)cc3)c3ccc(-c4ccc(-c5cccc6c5oc5ccccc56)cc4)cc3)cc21. The first-order valence-corrected chi connectivity index (χ1v) is 20.4. The number of nitrogens with zero attached hydrogens (tertiary/aromatic N) is 1. The Bertz CT molecular complexity index is 3140. The van der Waals surface area contributed by atoms with E-state index in [1.165, 1.54) is 55.6 Å². The van der Waals surface area contributed by atoms with Crippen LogP contribution < -0.4 is 4.90 Å². The smallest absolute Gasteiger partial charge is 0.143 e. The summed E-state index contributed by atoms with van der Waals surface area (Å²) in [4.78, 5) is 2.39. The van der Waals surface area contributed by atoms with Crippen LogP contribution >= 0.6 is 0 Å². The molecule has 0 radical (unpaired) electrons. The van der Waals surface area contributed by atoms with Crippen LogP contribution in [0.2, 0.25) is 0 Å². The summed E-state index contributed by atoms with van der Waals surface area (Å²) in [6.07, 6.45) is 0. The third-order valence-electron chi connectivity index (χ3n) is 12.3. The van der Waals surface area contributed by atoms with Gasteiger partial charge >= 0.3 is 0 Å². The third kappa shape index (κ3) is 5.96. The lowest BCUT2D eigenvalue weighted by atomic mass is 9.82. The van der Waals surface area contributed by atoms with E-state index >= 15 is 0 Å². The molecule has 0 N–H and O–H groups in total. The molecule has 0 saturated heterocycles. The highest BCUT2D eigenvalue weighted by molar-refractivity contribution is 6.09. The fourth-order valence-electron chi connectivity index (χ4n) is 9.19. The molecule has 2 nitrogen and oxygen atoms in total. The molecule has 0 bridgehead atoms. The molecule has 280 valence electrons. The van der Waals surface area contributed by atoms with E-state index in [0.717, 1.165) is 50.1 Å². The Kier molecular flexibility index (Phi) is 8.20. The quantitative estimate of drug-likeness (QED) is 0.161. The first-order valence-electron chi connectivity index (χ1n) is 20.4. The second-order valence-electron chi connectivity index (χ2n) is 16.1. The molecule has 0 spiro atoms. The van der Waals surface area contributed by atoms with E-state index in [2.05, 4.69) is 219 Å². The fourth-order valence-corrected chi connectivity index (χ4v) is 9.19. The standard InChI is InChI=1S/C57H41NO/c1-57(2)53-17-8-6-13-49(53)50-36-35-47(37-54(50)57)58(45-31-27-42(28-32-45)40-21-19-39(20-22-40)38-11-4-3-5-12-38)46-33-29-43(30-34-46)41-23-25-44(26-24-41)48-15-10-16-52-51-14-7-9-18-55(51)59-56(48)52/h3-37H,1-2H3. The van der Waals surface area contributed by atoms with Crippen LogP contribution in [0, 0.1) is 0 Å². The number of para-hydroxylation sites is 2.